The molecule has 0 aliphatic carbocycles. The zero-order chi connectivity index (χ0) is 20.1. The normalized spacial score (nSPS) is 16.5. The molecule has 4 aromatic rings. The quantitative estimate of drug-likeness (QED) is 0.245. The van der Waals surface area contributed by atoms with Gasteiger partial charge in [0.2, 0.25) is 0 Å². The van der Waals surface area contributed by atoms with E-state index in [1.165, 1.54) is 15.4 Å². The van der Waals surface area contributed by atoms with Crippen molar-refractivity contribution < 1.29 is 30.7 Å². The zero-order valence-corrected chi connectivity index (χ0v) is 19.6. The van der Waals surface area contributed by atoms with Crippen LogP contribution in [0.3, 0.4) is 0 Å². The Morgan fingerprint density at radius 2 is 2.21 bits per heavy atom. The Balaban J connectivity index is 1.60. The molecule has 8 heteroatoms. The Hall–Kier alpha value is -1.84. The van der Waals surface area contributed by atoms with Crippen LogP contribution in [0, 0.1) is 3.57 Å². The number of aromatic amines is 1. The van der Waals surface area contributed by atoms with Gasteiger partial charge in [-0.25, -0.2) is 0 Å². The number of hydrogen-bond acceptors (Lipinski definition) is 5. The van der Waals surface area contributed by atoms with Crippen LogP contribution in [0.5, 0.6) is 0 Å². The fourth-order valence-electron chi connectivity index (χ4n) is 3.95. The third-order valence-electron chi connectivity index (χ3n) is 5.30. The summed E-state index contributed by atoms with van der Waals surface area (Å²) in [4.78, 5) is 25.4. The van der Waals surface area contributed by atoms with E-state index in [-0.39, 0.29) is 33.1 Å². The van der Waals surface area contributed by atoms with Crippen molar-refractivity contribution in [1.82, 2.24) is 9.97 Å². The Morgan fingerprint density at radius 3 is 3.00 bits per heavy atom. The van der Waals surface area contributed by atoms with Gasteiger partial charge in [-0.05, 0) is 0 Å². The molecule has 150 valence electrons. The van der Waals surface area contributed by atoms with Crippen LogP contribution in [-0.2, 0) is 16.1 Å². The third-order valence-corrected chi connectivity index (χ3v) is 8.53. The van der Waals surface area contributed by atoms with Gasteiger partial charge in [-0.1, -0.05) is 11.6 Å². The van der Waals surface area contributed by atoms with Crippen molar-refractivity contribution in [2.24, 2.45) is 0 Å². The number of alkyl halides is 1. The average Bonchev–Trinajstić information content (AvgIpc) is 3.32. The van der Waals surface area contributed by atoms with Crippen LogP contribution in [0.15, 0.2) is 36.4 Å². The van der Waals surface area contributed by atoms with Gasteiger partial charge in [-0.3, -0.25) is 0 Å². The first kappa shape index (κ1) is 19.1. The molecule has 0 amide bonds. The molecule has 2 aromatic heterocycles. The number of halogens is 2. The molecule has 3 heterocycles. The number of rotatable bonds is 3. The predicted molar refractivity (Wildman–Crippen MR) is 113 cm³/mol. The second-order valence-corrected chi connectivity index (χ2v) is 10.7. The Labute approximate surface area is 187 Å². The number of methoxy groups -OCH3 is 1. The summed E-state index contributed by atoms with van der Waals surface area (Å²) in [5.74, 6) is -0.629. The van der Waals surface area contributed by atoms with E-state index in [1.807, 2.05) is 18.2 Å². The van der Waals surface area contributed by atoms with E-state index in [4.69, 9.17) is 21.3 Å². The van der Waals surface area contributed by atoms with Crippen molar-refractivity contribution in [1.29, 1.82) is 0 Å². The monoisotopic (exact) mass is 538 g/mol. The number of nitrogens with zero attached hydrogens (tertiary/aromatic N) is 2. The molecule has 5 nitrogen and oxygen atoms in total. The van der Waals surface area contributed by atoms with Crippen molar-refractivity contribution in [2.75, 3.05) is 23.5 Å². The fourth-order valence-corrected chi connectivity index (χ4v) is 6.51. The van der Waals surface area contributed by atoms with Gasteiger partial charge in [0.25, 0.3) is 0 Å². The van der Waals surface area contributed by atoms with Crippen molar-refractivity contribution in [3.8, 4) is 0 Å². The summed E-state index contributed by atoms with van der Waals surface area (Å²) in [5, 5.41) is 2.58. The Kier molecular flexibility index (Phi) is 4.92. The number of aromatic nitrogens is 2. The van der Waals surface area contributed by atoms with Gasteiger partial charge in [-0.2, -0.15) is 0 Å². The van der Waals surface area contributed by atoms with Gasteiger partial charge < -0.3 is 0 Å². The molecular weight excluding hydrogens is 521 g/mol. The van der Waals surface area contributed by atoms with E-state index in [2.05, 4.69) is 33.0 Å². The number of esters is 1. The van der Waals surface area contributed by atoms with Crippen LogP contribution in [0.4, 0.5) is 5.13 Å². The minimum absolute atomic E-state index is 0.0479. The number of anilines is 1. The molecule has 1 N–H and O–H groups in total. The molecular formula is C21H18ClIN3O2S-. The number of nitrogens with one attached hydrogen (secondary N) is 1. The standard InChI is InChI=1S/C21H18ClIN3O2S/c1-23-12-4-6-16-18(8-12)29-21(25-16)26-9-14(20(27)28-2)19-13-7-11(22)3-5-15(13)24-17(19)10-26/h3-8,14,24H,9-10H2,1-2H3/q-1. The summed E-state index contributed by atoms with van der Waals surface area (Å²) >= 11 is 7.96. The Morgan fingerprint density at radius 1 is 1.34 bits per heavy atom. The number of benzene rings is 2. The van der Waals surface area contributed by atoms with E-state index in [1.54, 1.807) is 11.3 Å². The molecule has 0 spiro atoms. The van der Waals surface area contributed by atoms with E-state index in [9.17, 15) is 4.79 Å². The number of carbonyl (C=O) groups excluding carboxylic acids is 1. The summed E-state index contributed by atoms with van der Waals surface area (Å²) in [7, 11) is 1.44. The fraction of sp³-hybridized carbons (Fsp3) is 0.238. The molecule has 0 bridgehead atoms. The third kappa shape index (κ3) is 3.29. The second kappa shape index (κ2) is 7.45. The van der Waals surface area contributed by atoms with Crippen molar-refractivity contribution in [3.63, 3.8) is 0 Å². The summed E-state index contributed by atoms with van der Waals surface area (Å²) < 4.78 is 7.75. The van der Waals surface area contributed by atoms with Crippen LogP contribution in [0.1, 0.15) is 17.2 Å². The maximum atomic E-state index is 12.7. The van der Waals surface area contributed by atoms with E-state index in [0.717, 1.165) is 32.8 Å². The number of fused-ring (bicyclic) bond motifs is 4. The molecule has 0 radical (unpaired) electrons. The molecule has 2 aromatic carbocycles. The summed E-state index contributed by atoms with van der Waals surface area (Å²) in [5.41, 5.74) is 4.00. The summed E-state index contributed by atoms with van der Waals surface area (Å²) in [6.45, 7) is 1.20. The van der Waals surface area contributed by atoms with Crippen molar-refractivity contribution in [3.05, 3.63) is 56.2 Å². The minimum atomic E-state index is -0.389. The molecule has 0 fully saturated rings. The van der Waals surface area contributed by atoms with Crippen LogP contribution < -0.4 is 26.1 Å². The molecule has 0 saturated carbocycles. The Bertz CT molecular complexity index is 1250. The number of thiazole rings is 1. The van der Waals surface area contributed by atoms with Crippen molar-refractivity contribution >= 4 is 55.2 Å². The number of ether oxygens (including phenoxy) is 1. The molecule has 1 unspecified atom stereocenters. The first-order chi connectivity index (χ1) is 14.1. The first-order valence-electron chi connectivity index (χ1n) is 9.10. The van der Waals surface area contributed by atoms with E-state index in [0.29, 0.717) is 18.1 Å². The van der Waals surface area contributed by atoms with Gasteiger partial charge in [-0.15, -0.1) is 0 Å². The van der Waals surface area contributed by atoms with Gasteiger partial charge in [0.05, 0.1) is 0 Å². The SMILES string of the molecule is COC(=O)C1CN(c2nc3ccc([I-]C)cc3s2)Cc2[nH]c3ccc(Cl)cc3c21. The first-order valence-corrected chi connectivity index (χ1v) is 13.5. The maximum absolute atomic E-state index is 12.7. The summed E-state index contributed by atoms with van der Waals surface area (Å²) in [6, 6.07) is 12.3. The van der Waals surface area contributed by atoms with Gasteiger partial charge in [0.1, 0.15) is 0 Å². The number of carbonyl (C=O) groups is 1. The molecule has 1 aliphatic rings. The topological polar surface area (TPSA) is 58.2 Å². The van der Waals surface area contributed by atoms with Crippen molar-refractivity contribution in [2.45, 2.75) is 12.5 Å². The summed E-state index contributed by atoms with van der Waals surface area (Å²) in [6.07, 6.45) is 0. The number of H-pyrrole nitrogens is 1. The van der Waals surface area contributed by atoms with E-state index < -0.39 is 0 Å². The second-order valence-electron chi connectivity index (χ2n) is 6.96. The molecule has 5 rings (SSSR count). The zero-order valence-electron chi connectivity index (χ0n) is 15.8. The van der Waals surface area contributed by atoms with Gasteiger partial charge >= 0.3 is 176 Å². The molecule has 0 saturated heterocycles. The molecule has 1 aliphatic heterocycles. The van der Waals surface area contributed by atoms with Gasteiger partial charge in [0, 0.05) is 0 Å². The van der Waals surface area contributed by atoms with Crippen LogP contribution >= 0.6 is 22.9 Å². The van der Waals surface area contributed by atoms with Crippen LogP contribution in [-0.4, -0.2) is 34.5 Å². The predicted octanol–water partition coefficient (Wildman–Crippen LogP) is 1.60. The molecule has 29 heavy (non-hydrogen) atoms. The molecule has 1 atom stereocenters. The van der Waals surface area contributed by atoms with Gasteiger partial charge in [0.15, 0.2) is 0 Å². The number of hydrogen-bond donors (Lipinski definition) is 1. The van der Waals surface area contributed by atoms with E-state index >= 15 is 0 Å². The van der Waals surface area contributed by atoms with Crippen LogP contribution in [0.25, 0.3) is 21.1 Å². The average molecular weight is 539 g/mol. The van der Waals surface area contributed by atoms with Crippen LogP contribution in [0.2, 0.25) is 5.02 Å².